The summed E-state index contributed by atoms with van der Waals surface area (Å²) in [5, 5.41) is 3.27. The number of alkyl halides is 2. The maximum atomic E-state index is 13.0. The normalized spacial score (nSPS) is 30.3. The second-order valence-electron chi connectivity index (χ2n) is 5.27. The van der Waals surface area contributed by atoms with Gasteiger partial charge in [-0.05, 0) is 19.8 Å². The summed E-state index contributed by atoms with van der Waals surface area (Å²) in [7, 11) is 0. The Kier molecular flexibility index (Phi) is 3.66. The Bertz CT molecular complexity index is 286. The summed E-state index contributed by atoms with van der Waals surface area (Å²) >= 11 is 0. The number of nitrogens with zero attached hydrogens (tertiary/aromatic N) is 1. The molecule has 0 aromatic rings. The van der Waals surface area contributed by atoms with Crippen LogP contribution in [0, 0.1) is 5.92 Å². The smallest absolute Gasteiger partial charge is 0.248 e. The van der Waals surface area contributed by atoms with Crippen LogP contribution in [0.15, 0.2) is 0 Å². The van der Waals surface area contributed by atoms with E-state index in [9.17, 15) is 13.6 Å². The lowest BCUT2D eigenvalue weighted by Crippen LogP contribution is -2.53. The number of carbonyl (C=O) groups excluding carboxylic acids is 1. The Morgan fingerprint density at radius 1 is 1.35 bits per heavy atom. The third-order valence-corrected chi connectivity index (χ3v) is 3.75. The summed E-state index contributed by atoms with van der Waals surface area (Å²) in [5.41, 5.74) is 0. The van der Waals surface area contributed by atoms with Crippen molar-refractivity contribution in [1.82, 2.24) is 10.2 Å². The van der Waals surface area contributed by atoms with Crippen molar-refractivity contribution in [3.05, 3.63) is 0 Å². The summed E-state index contributed by atoms with van der Waals surface area (Å²) in [6, 6.07) is 0.303. The molecule has 0 unspecified atom stereocenters. The number of hydrogen-bond acceptors (Lipinski definition) is 2. The van der Waals surface area contributed by atoms with E-state index in [0.717, 1.165) is 6.54 Å². The monoisotopic (exact) mass is 246 g/mol. The van der Waals surface area contributed by atoms with Crippen molar-refractivity contribution < 1.29 is 13.6 Å². The van der Waals surface area contributed by atoms with Crippen molar-refractivity contribution in [3.63, 3.8) is 0 Å². The van der Waals surface area contributed by atoms with Crippen LogP contribution < -0.4 is 5.32 Å². The highest BCUT2D eigenvalue weighted by atomic mass is 19.3. The van der Waals surface area contributed by atoms with E-state index in [0.29, 0.717) is 32.0 Å². The Morgan fingerprint density at radius 2 is 2.00 bits per heavy atom. The van der Waals surface area contributed by atoms with Crippen LogP contribution in [-0.4, -0.2) is 42.4 Å². The molecule has 1 N–H and O–H groups in total. The maximum Gasteiger partial charge on any atom is 0.248 e. The summed E-state index contributed by atoms with van der Waals surface area (Å²) < 4.78 is 26.0. The van der Waals surface area contributed by atoms with Crippen LogP contribution in [0.1, 0.15) is 32.6 Å². The van der Waals surface area contributed by atoms with Gasteiger partial charge in [-0.3, -0.25) is 4.79 Å². The van der Waals surface area contributed by atoms with Crippen LogP contribution in [0.3, 0.4) is 0 Å². The molecule has 2 aliphatic rings. The van der Waals surface area contributed by atoms with Gasteiger partial charge in [-0.25, -0.2) is 8.78 Å². The van der Waals surface area contributed by atoms with Gasteiger partial charge in [0, 0.05) is 44.4 Å². The molecule has 1 saturated carbocycles. The van der Waals surface area contributed by atoms with E-state index in [4.69, 9.17) is 0 Å². The average Bonchev–Trinajstić information content (AvgIpc) is 2.28. The lowest BCUT2D eigenvalue weighted by atomic mass is 9.85. The van der Waals surface area contributed by atoms with Crippen molar-refractivity contribution >= 4 is 5.91 Å². The molecule has 1 amide bonds. The minimum Gasteiger partial charge on any atom is -0.340 e. The summed E-state index contributed by atoms with van der Waals surface area (Å²) in [6.07, 6.45) is 0.407. The van der Waals surface area contributed by atoms with Gasteiger partial charge in [0.05, 0.1) is 0 Å². The molecule has 1 aliphatic carbocycles. The maximum absolute atomic E-state index is 13.0. The number of amides is 1. The van der Waals surface area contributed by atoms with Crippen LogP contribution in [0.5, 0.6) is 0 Å². The SMILES string of the molecule is C[C@H]1CN(C(=O)C2CCC(F)(F)CC2)CCN1. The van der Waals surface area contributed by atoms with E-state index in [1.54, 1.807) is 0 Å². The Hall–Kier alpha value is -0.710. The first-order valence-corrected chi connectivity index (χ1v) is 6.38. The van der Waals surface area contributed by atoms with Gasteiger partial charge in [-0.1, -0.05) is 0 Å². The molecule has 17 heavy (non-hydrogen) atoms. The topological polar surface area (TPSA) is 32.3 Å². The molecule has 2 rings (SSSR count). The minimum atomic E-state index is -2.55. The quantitative estimate of drug-likeness (QED) is 0.762. The van der Waals surface area contributed by atoms with E-state index in [1.807, 2.05) is 11.8 Å². The average molecular weight is 246 g/mol. The highest BCUT2D eigenvalue weighted by Gasteiger charge is 2.38. The predicted molar refractivity (Wildman–Crippen MR) is 60.9 cm³/mol. The molecule has 1 heterocycles. The van der Waals surface area contributed by atoms with Crippen LogP contribution in [-0.2, 0) is 4.79 Å². The molecule has 1 aliphatic heterocycles. The highest BCUT2D eigenvalue weighted by molar-refractivity contribution is 5.79. The number of piperazine rings is 1. The standard InChI is InChI=1S/C12H20F2N2O/c1-9-8-16(7-6-15-9)11(17)10-2-4-12(13,14)5-3-10/h9-10,15H,2-8H2,1H3/t9-/m0/s1. The van der Waals surface area contributed by atoms with E-state index < -0.39 is 5.92 Å². The van der Waals surface area contributed by atoms with Gasteiger partial charge in [-0.2, -0.15) is 0 Å². The zero-order valence-corrected chi connectivity index (χ0v) is 10.2. The lowest BCUT2D eigenvalue weighted by molar-refractivity contribution is -0.140. The lowest BCUT2D eigenvalue weighted by Gasteiger charge is -2.36. The minimum absolute atomic E-state index is 0.0776. The van der Waals surface area contributed by atoms with Crippen LogP contribution in [0.25, 0.3) is 0 Å². The van der Waals surface area contributed by atoms with Gasteiger partial charge in [0.25, 0.3) is 0 Å². The number of nitrogens with one attached hydrogen (secondary N) is 1. The van der Waals surface area contributed by atoms with Gasteiger partial charge < -0.3 is 10.2 Å². The van der Waals surface area contributed by atoms with E-state index in [1.165, 1.54) is 0 Å². The fraction of sp³-hybridized carbons (Fsp3) is 0.917. The van der Waals surface area contributed by atoms with Crippen molar-refractivity contribution in [3.8, 4) is 0 Å². The zero-order valence-electron chi connectivity index (χ0n) is 10.2. The fourth-order valence-corrected chi connectivity index (χ4v) is 2.68. The molecule has 0 spiro atoms. The molecule has 0 aromatic carbocycles. The molecular weight excluding hydrogens is 226 g/mol. The van der Waals surface area contributed by atoms with Crippen molar-refractivity contribution in [2.24, 2.45) is 5.92 Å². The molecule has 5 heteroatoms. The predicted octanol–water partition coefficient (Wildman–Crippen LogP) is 1.63. The second kappa shape index (κ2) is 4.88. The molecule has 0 bridgehead atoms. The first-order chi connectivity index (χ1) is 7.98. The van der Waals surface area contributed by atoms with Crippen LogP contribution in [0.2, 0.25) is 0 Å². The third-order valence-electron chi connectivity index (χ3n) is 3.75. The van der Waals surface area contributed by atoms with Crippen LogP contribution in [0.4, 0.5) is 8.78 Å². The van der Waals surface area contributed by atoms with E-state index in [2.05, 4.69) is 5.32 Å². The molecule has 1 atom stereocenters. The van der Waals surface area contributed by atoms with Gasteiger partial charge in [-0.15, -0.1) is 0 Å². The largest absolute Gasteiger partial charge is 0.340 e. The van der Waals surface area contributed by atoms with E-state index >= 15 is 0 Å². The molecule has 2 fully saturated rings. The van der Waals surface area contributed by atoms with Gasteiger partial charge in [0.1, 0.15) is 0 Å². The Balaban J connectivity index is 1.88. The van der Waals surface area contributed by atoms with Gasteiger partial charge in [0.15, 0.2) is 0 Å². The second-order valence-corrected chi connectivity index (χ2v) is 5.27. The molecular formula is C12H20F2N2O. The third kappa shape index (κ3) is 3.15. The molecule has 1 saturated heterocycles. The molecule has 3 nitrogen and oxygen atoms in total. The van der Waals surface area contributed by atoms with Crippen molar-refractivity contribution in [2.75, 3.05) is 19.6 Å². The van der Waals surface area contributed by atoms with E-state index in [-0.39, 0.29) is 24.7 Å². The van der Waals surface area contributed by atoms with Crippen molar-refractivity contribution in [2.45, 2.75) is 44.6 Å². The Labute approximate surface area is 101 Å². The highest BCUT2D eigenvalue weighted by Crippen LogP contribution is 2.36. The summed E-state index contributed by atoms with van der Waals surface area (Å²) in [4.78, 5) is 14.0. The fourth-order valence-electron chi connectivity index (χ4n) is 2.68. The first kappa shape index (κ1) is 12.7. The summed E-state index contributed by atoms with van der Waals surface area (Å²) in [5.74, 6) is -2.65. The molecule has 98 valence electrons. The number of carbonyl (C=O) groups is 1. The molecule has 0 radical (unpaired) electrons. The zero-order chi connectivity index (χ0) is 12.5. The summed E-state index contributed by atoms with van der Waals surface area (Å²) in [6.45, 7) is 4.24. The number of halogens is 2. The van der Waals surface area contributed by atoms with Gasteiger partial charge >= 0.3 is 0 Å². The first-order valence-electron chi connectivity index (χ1n) is 6.38. The Morgan fingerprint density at radius 3 is 2.59 bits per heavy atom. The number of hydrogen-bond donors (Lipinski definition) is 1. The number of rotatable bonds is 1. The molecule has 0 aromatic heterocycles. The van der Waals surface area contributed by atoms with Crippen molar-refractivity contribution in [1.29, 1.82) is 0 Å². The van der Waals surface area contributed by atoms with Crippen LogP contribution >= 0.6 is 0 Å². The van der Waals surface area contributed by atoms with Gasteiger partial charge in [0.2, 0.25) is 11.8 Å².